The quantitative estimate of drug-likeness (QED) is 0.829. The molecule has 1 aromatic heterocycles. The molecule has 0 aliphatic heterocycles. The number of methoxy groups -OCH3 is 2. The number of aromatic amines is 1. The van der Waals surface area contributed by atoms with Gasteiger partial charge in [-0.05, 0) is 30.2 Å². The molecule has 19 heavy (non-hydrogen) atoms. The predicted octanol–water partition coefficient (Wildman–Crippen LogP) is 1.48. The van der Waals surface area contributed by atoms with E-state index in [1.165, 1.54) is 7.11 Å². The standard InChI is InChI=1S/C14H18N2O3/c1-18-9-14(17)15-6-5-10-8-16-13-4-3-11(19-2)7-12(10)13/h3-4,7-8,16H,5-6,9H2,1-2H3,(H,15,17). The number of carbonyl (C=O) groups excluding carboxylic acids is 1. The van der Waals surface area contributed by atoms with E-state index in [0.717, 1.165) is 28.6 Å². The molecular formula is C14H18N2O3. The van der Waals surface area contributed by atoms with Crippen molar-refractivity contribution in [3.05, 3.63) is 30.0 Å². The lowest BCUT2D eigenvalue weighted by Crippen LogP contribution is -2.28. The number of benzene rings is 1. The molecule has 0 saturated carbocycles. The van der Waals surface area contributed by atoms with Gasteiger partial charge in [-0.1, -0.05) is 0 Å². The SMILES string of the molecule is COCC(=O)NCCc1c[nH]c2ccc(OC)cc12. The minimum Gasteiger partial charge on any atom is -0.497 e. The summed E-state index contributed by atoms with van der Waals surface area (Å²) in [6.45, 7) is 0.689. The number of rotatable bonds is 6. The maximum atomic E-state index is 11.3. The molecule has 0 unspecified atom stereocenters. The summed E-state index contributed by atoms with van der Waals surface area (Å²) >= 11 is 0. The maximum Gasteiger partial charge on any atom is 0.245 e. The van der Waals surface area contributed by atoms with Crippen LogP contribution < -0.4 is 10.1 Å². The normalized spacial score (nSPS) is 10.6. The molecule has 2 rings (SSSR count). The third kappa shape index (κ3) is 3.26. The van der Waals surface area contributed by atoms with Crippen LogP contribution in [0.1, 0.15) is 5.56 Å². The summed E-state index contributed by atoms with van der Waals surface area (Å²) in [6.07, 6.45) is 2.73. The third-order valence-corrected chi connectivity index (χ3v) is 2.97. The molecular weight excluding hydrogens is 244 g/mol. The summed E-state index contributed by atoms with van der Waals surface area (Å²) in [5.41, 5.74) is 2.23. The van der Waals surface area contributed by atoms with Crippen LogP contribution in [0.4, 0.5) is 0 Å². The van der Waals surface area contributed by atoms with Crippen molar-refractivity contribution in [1.29, 1.82) is 0 Å². The molecule has 1 aromatic carbocycles. The van der Waals surface area contributed by atoms with E-state index in [1.807, 2.05) is 24.4 Å². The monoisotopic (exact) mass is 262 g/mol. The zero-order valence-corrected chi connectivity index (χ0v) is 11.2. The molecule has 1 amide bonds. The van der Waals surface area contributed by atoms with Crippen LogP contribution in [0.3, 0.4) is 0 Å². The highest BCUT2D eigenvalue weighted by Gasteiger charge is 2.06. The molecule has 0 radical (unpaired) electrons. The molecule has 0 atom stereocenters. The molecule has 102 valence electrons. The summed E-state index contributed by atoms with van der Waals surface area (Å²) in [5, 5.41) is 3.93. The smallest absolute Gasteiger partial charge is 0.245 e. The first kappa shape index (κ1) is 13.4. The van der Waals surface area contributed by atoms with Gasteiger partial charge >= 0.3 is 0 Å². The number of H-pyrrole nitrogens is 1. The van der Waals surface area contributed by atoms with Gasteiger partial charge in [-0.15, -0.1) is 0 Å². The number of fused-ring (bicyclic) bond motifs is 1. The number of carbonyl (C=O) groups is 1. The summed E-state index contributed by atoms with van der Waals surface area (Å²) in [6, 6.07) is 5.91. The second-order valence-electron chi connectivity index (χ2n) is 4.26. The minimum absolute atomic E-state index is 0.0973. The fraction of sp³-hybridized carbons (Fsp3) is 0.357. The minimum atomic E-state index is -0.0973. The first-order valence-corrected chi connectivity index (χ1v) is 6.14. The van der Waals surface area contributed by atoms with E-state index in [0.29, 0.717) is 6.54 Å². The van der Waals surface area contributed by atoms with Gasteiger partial charge in [-0.3, -0.25) is 4.79 Å². The van der Waals surface area contributed by atoms with E-state index in [1.54, 1.807) is 7.11 Å². The Morgan fingerprint density at radius 3 is 2.95 bits per heavy atom. The Hall–Kier alpha value is -2.01. The lowest BCUT2D eigenvalue weighted by molar-refractivity contribution is -0.124. The topological polar surface area (TPSA) is 63.3 Å². The van der Waals surface area contributed by atoms with Gasteiger partial charge in [0.15, 0.2) is 0 Å². The zero-order chi connectivity index (χ0) is 13.7. The fourth-order valence-electron chi connectivity index (χ4n) is 2.01. The van der Waals surface area contributed by atoms with E-state index in [4.69, 9.17) is 9.47 Å². The van der Waals surface area contributed by atoms with Crippen molar-refractivity contribution in [2.45, 2.75) is 6.42 Å². The van der Waals surface area contributed by atoms with Crippen LogP contribution in [0.15, 0.2) is 24.4 Å². The van der Waals surface area contributed by atoms with Gasteiger partial charge in [0.25, 0.3) is 0 Å². The number of amides is 1. The number of nitrogens with one attached hydrogen (secondary N) is 2. The highest BCUT2D eigenvalue weighted by molar-refractivity contribution is 5.84. The second-order valence-corrected chi connectivity index (χ2v) is 4.26. The van der Waals surface area contributed by atoms with Crippen molar-refractivity contribution in [3.8, 4) is 5.75 Å². The number of ether oxygens (including phenoxy) is 2. The third-order valence-electron chi connectivity index (χ3n) is 2.97. The molecule has 0 aliphatic carbocycles. The molecule has 0 aliphatic rings. The molecule has 5 heteroatoms. The first-order valence-electron chi connectivity index (χ1n) is 6.14. The molecule has 0 spiro atoms. The van der Waals surface area contributed by atoms with Gasteiger partial charge in [-0.2, -0.15) is 0 Å². The van der Waals surface area contributed by atoms with Gasteiger partial charge in [-0.25, -0.2) is 0 Å². The summed E-state index contributed by atoms with van der Waals surface area (Å²) in [7, 11) is 3.16. The largest absolute Gasteiger partial charge is 0.497 e. The first-order chi connectivity index (χ1) is 9.24. The number of hydrogen-bond acceptors (Lipinski definition) is 3. The van der Waals surface area contributed by atoms with Gasteiger partial charge in [0.1, 0.15) is 12.4 Å². The van der Waals surface area contributed by atoms with E-state index in [2.05, 4.69) is 10.3 Å². The molecule has 0 fully saturated rings. The second kappa shape index (κ2) is 6.24. The van der Waals surface area contributed by atoms with Crippen LogP contribution in [0.25, 0.3) is 10.9 Å². The highest BCUT2D eigenvalue weighted by Crippen LogP contribution is 2.23. The Kier molecular flexibility index (Phi) is 4.41. The molecule has 0 bridgehead atoms. The van der Waals surface area contributed by atoms with Gasteiger partial charge in [0, 0.05) is 30.8 Å². The lowest BCUT2D eigenvalue weighted by Gasteiger charge is -2.04. The Balaban J connectivity index is 2.02. The average Bonchev–Trinajstić information content (AvgIpc) is 2.81. The van der Waals surface area contributed by atoms with Gasteiger partial charge in [0.05, 0.1) is 7.11 Å². The fourth-order valence-corrected chi connectivity index (χ4v) is 2.01. The van der Waals surface area contributed by atoms with Gasteiger partial charge < -0.3 is 19.8 Å². The zero-order valence-electron chi connectivity index (χ0n) is 11.2. The Morgan fingerprint density at radius 2 is 2.21 bits per heavy atom. The molecule has 0 saturated heterocycles. The van der Waals surface area contributed by atoms with Crippen molar-refractivity contribution in [2.24, 2.45) is 0 Å². The van der Waals surface area contributed by atoms with Gasteiger partial charge in [0.2, 0.25) is 5.91 Å². The summed E-state index contributed by atoms with van der Waals surface area (Å²) in [5.74, 6) is 0.733. The van der Waals surface area contributed by atoms with Crippen molar-refractivity contribution in [3.63, 3.8) is 0 Å². The Morgan fingerprint density at radius 1 is 1.37 bits per heavy atom. The average molecular weight is 262 g/mol. The highest BCUT2D eigenvalue weighted by atomic mass is 16.5. The van der Waals surface area contributed by atoms with Crippen molar-refractivity contribution < 1.29 is 14.3 Å². The Bertz CT molecular complexity index is 563. The van der Waals surface area contributed by atoms with Crippen LogP contribution in [0.2, 0.25) is 0 Å². The number of aromatic nitrogens is 1. The summed E-state index contributed by atoms with van der Waals surface area (Å²) < 4.78 is 9.98. The maximum absolute atomic E-state index is 11.3. The predicted molar refractivity (Wildman–Crippen MR) is 73.4 cm³/mol. The van der Waals surface area contributed by atoms with Crippen molar-refractivity contribution in [1.82, 2.24) is 10.3 Å². The summed E-state index contributed by atoms with van der Waals surface area (Å²) in [4.78, 5) is 14.5. The molecule has 2 aromatic rings. The number of hydrogen-bond donors (Lipinski definition) is 2. The van der Waals surface area contributed by atoms with Crippen molar-refractivity contribution >= 4 is 16.8 Å². The van der Waals surface area contributed by atoms with Crippen LogP contribution in [0, 0.1) is 0 Å². The van der Waals surface area contributed by atoms with Crippen molar-refractivity contribution in [2.75, 3.05) is 27.4 Å². The molecule has 1 heterocycles. The van der Waals surface area contributed by atoms with Crippen LogP contribution in [-0.2, 0) is 16.0 Å². The van der Waals surface area contributed by atoms with E-state index >= 15 is 0 Å². The molecule has 2 N–H and O–H groups in total. The van der Waals surface area contributed by atoms with E-state index in [9.17, 15) is 4.79 Å². The van der Waals surface area contributed by atoms with E-state index < -0.39 is 0 Å². The van der Waals surface area contributed by atoms with Crippen LogP contribution in [0.5, 0.6) is 5.75 Å². The van der Waals surface area contributed by atoms with Crippen LogP contribution in [-0.4, -0.2) is 38.3 Å². The van der Waals surface area contributed by atoms with Crippen LogP contribution >= 0.6 is 0 Å². The Labute approximate surface area is 111 Å². The molecule has 5 nitrogen and oxygen atoms in total. The van der Waals surface area contributed by atoms with E-state index in [-0.39, 0.29) is 12.5 Å². The lowest BCUT2D eigenvalue weighted by atomic mass is 10.1.